The van der Waals surface area contributed by atoms with E-state index in [1.54, 1.807) is 4.68 Å². The van der Waals surface area contributed by atoms with E-state index in [0.717, 1.165) is 53.9 Å². The molecule has 3 aromatic rings. The minimum absolute atomic E-state index is 0.293. The van der Waals surface area contributed by atoms with Gasteiger partial charge in [0.05, 0.1) is 5.69 Å². The van der Waals surface area contributed by atoms with Crippen LogP contribution in [0.5, 0.6) is 0 Å². The predicted molar refractivity (Wildman–Crippen MR) is 94.6 cm³/mol. The number of nitrogens with zero attached hydrogens (tertiary/aromatic N) is 2. The second kappa shape index (κ2) is 6.37. The summed E-state index contributed by atoms with van der Waals surface area (Å²) in [5.41, 5.74) is 4.19. The number of aryl methyl sites for hydroxylation is 1. The third-order valence-corrected chi connectivity index (χ3v) is 4.69. The number of aromatic nitrogens is 2. The molecule has 0 aliphatic heterocycles. The molecule has 132 valence electrons. The summed E-state index contributed by atoms with van der Waals surface area (Å²) in [6.45, 7) is 1.92. The van der Waals surface area contributed by atoms with Gasteiger partial charge in [-0.2, -0.15) is 5.10 Å². The topological polar surface area (TPSA) is 46.9 Å². The predicted octanol–water partition coefficient (Wildman–Crippen LogP) is 4.20. The van der Waals surface area contributed by atoms with Crippen molar-refractivity contribution in [3.63, 3.8) is 0 Å². The largest absolute Gasteiger partial charge is 0.320 e. The van der Waals surface area contributed by atoms with E-state index in [1.165, 1.54) is 6.07 Å². The Kier molecular flexibility index (Phi) is 4.03. The summed E-state index contributed by atoms with van der Waals surface area (Å²) in [6, 6.07) is 11.1. The second-order valence-corrected chi connectivity index (χ2v) is 6.41. The minimum Gasteiger partial charge on any atom is -0.320 e. The number of halogens is 2. The molecule has 0 bridgehead atoms. The molecule has 0 saturated heterocycles. The zero-order chi connectivity index (χ0) is 18.3. The van der Waals surface area contributed by atoms with E-state index >= 15 is 0 Å². The maximum atomic E-state index is 13.6. The molecule has 1 aliphatic rings. The van der Waals surface area contributed by atoms with E-state index in [4.69, 9.17) is 0 Å². The van der Waals surface area contributed by atoms with Gasteiger partial charge in [0.1, 0.15) is 0 Å². The highest BCUT2D eigenvalue weighted by Crippen LogP contribution is 2.29. The van der Waals surface area contributed by atoms with Crippen molar-refractivity contribution in [2.45, 2.75) is 26.2 Å². The lowest BCUT2D eigenvalue weighted by Crippen LogP contribution is -2.15. The smallest absolute Gasteiger partial charge is 0.276 e. The van der Waals surface area contributed by atoms with Gasteiger partial charge in [-0.05, 0) is 49.9 Å². The Balaban J connectivity index is 1.73. The standard InChI is InChI=1S/C20H17F2N3O/c1-12-5-2-3-7-17(12)23-20(26)19-14-6-4-8-18(14)25(24-19)13-9-10-15(21)16(22)11-13/h2-3,5,7,9-11H,4,6,8H2,1H3,(H,23,26). The second-order valence-electron chi connectivity index (χ2n) is 6.41. The number of carbonyl (C=O) groups excluding carboxylic acids is 1. The summed E-state index contributed by atoms with van der Waals surface area (Å²) in [4.78, 5) is 12.8. The molecule has 4 nitrogen and oxygen atoms in total. The highest BCUT2D eigenvalue weighted by atomic mass is 19.2. The van der Waals surface area contributed by atoms with Gasteiger partial charge in [-0.3, -0.25) is 4.79 Å². The van der Waals surface area contributed by atoms with Crippen LogP contribution in [0.2, 0.25) is 0 Å². The Morgan fingerprint density at radius 2 is 1.92 bits per heavy atom. The number of benzene rings is 2. The van der Waals surface area contributed by atoms with Crippen molar-refractivity contribution < 1.29 is 13.6 Å². The van der Waals surface area contributed by atoms with Gasteiger partial charge in [-0.15, -0.1) is 0 Å². The van der Waals surface area contributed by atoms with Crippen molar-refractivity contribution in [1.82, 2.24) is 9.78 Å². The number of rotatable bonds is 3. The molecule has 0 spiro atoms. The maximum Gasteiger partial charge on any atom is 0.276 e. The van der Waals surface area contributed by atoms with Crippen LogP contribution < -0.4 is 5.32 Å². The monoisotopic (exact) mass is 353 g/mol. The average Bonchev–Trinajstić information content (AvgIpc) is 3.22. The zero-order valence-corrected chi connectivity index (χ0v) is 14.2. The molecule has 6 heteroatoms. The fraction of sp³-hybridized carbons (Fsp3) is 0.200. The molecular formula is C20H17F2N3O. The molecule has 0 saturated carbocycles. The van der Waals surface area contributed by atoms with Crippen LogP contribution in [0.3, 0.4) is 0 Å². The van der Waals surface area contributed by atoms with E-state index in [1.807, 2.05) is 31.2 Å². The van der Waals surface area contributed by atoms with Crippen LogP contribution in [0.25, 0.3) is 5.69 Å². The first kappa shape index (κ1) is 16.4. The van der Waals surface area contributed by atoms with E-state index < -0.39 is 11.6 Å². The van der Waals surface area contributed by atoms with Crippen molar-refractivity contribution in [3.8, 4) is 5.69 Å². The lowest BCUT2D eigenvalue weighted by molar-refractivity contribution is 0.102. The van der Waals surface area contributed by atoms with Crippen molar-refractivity contribution >= 4 is 11.6 Å². The van der Waals surface area contributed by atoms with E-state index in [2.05, 4.69) is 10.4 Å². The minimum atomic E-state index is -0.935. The molecule has 26 heavy (non-hydrogen) atoms. The summed E-state index contributed by atoms with van der Waals surface area (Å²) in [7, 11) is 0. The molecule has 2 aromatic carbocycles. The summed E-state index contributed by atoms with van der Waals surface area (Å²) in [5.74, 6) is -2.13. The van der Waals surface area contributed by atoms with Crippen LogP contribution in [-0.2, 0) is 12.8 Å². The van der Waals surface area contributed by atoms with Crippen molar-refractivity contribution in [3.05, 3.63) is 76.6 Å². The van der Waals surface area contributed by atoms with Gasteiger partial charge in [0.2, 0.25) is 0 Å². The number of amides is 1. The van der Waals surface area contributed by atoms with Crippen LogP contribution in [0.15, 0.2) is 42.5 Å². The Morgan fingerprint density at radius 1 is 1.12 bits per heavy atom. The SMILES string of the molecule is Cc1ccccc1NC(=O)c1nn(-c2ccc(F)c(F)c2)c2c1CCC2. The maximum absolute atomic E-state index is 13.6. The molecule has 0 atom stereocenters. The summed E-state index contributed by atoms with van der Waals surface area (Å²) in [6.07, 6.45) is 2.40. The van der Waals surface area contributed by atoms with Gasteiger partial charge < -0.3 is 5.32 Å². The number of para-hydroxylation sites is 1. The molecule has 0 fully saturated rings. The molecule has 1 amide bonds. The quantitative estimate of drug-likeness (QED) is 0.767. The molecule has 1 heterocycles. The lowest BCUT2D eigenvalue weighted by Gasteiger charge is -2.07. The van der Waals surface area contributed by atoms with Gasteiger partial charge in [-0.25, -0.2) is 13.5 Å². The van der Waals surface area contributed by atoms with Gasteiger partial charge in [0.25, 0.3) is 5.91 Å². The molecule has 1 N–H and O–H groups in total. The van der Waals surface area contributed by atoms with Crippen molar-refractivity contribution in [2.24, 2.45) is 0 Å². The highest BCUT2D eigenvalue weighted by molar-refractivity contribution is 6.04. The normalized spacial score (nSPS) is 12.9. The Hall–Kier alpha value is -3.02. The van der Waals surface area contributed by atoms with E-state index in [9.17, 15) is 13.6 Å². The number of hydrogen-bond donors (Lipinski definition) is 1. The first-order chi connectivity index (χ1) is 12.5. The number of carbonyl (C=O) groups is 1. The first-order valence-corrected chi connectivity index (χ1v) is 8.48. The highest BCUT2D eigenvalue weighted by Gasteiger charge is 2.27. The van der Waals surface area contributed by atoms with Crippen molar-refractivity contribution in [1.29, 1.82) is 0 Å². The van der Waals surface area contributed by atoms with Gasteiger partial charge >= 0.3 is 0 Å². The van der Waals surface area contributed by atoms with Crippen LogP contribution in [-0.4, -0.2) is 15.7 Å². The fourth-order valence-electron chi connectivity index (χ4n) is 3.34. The van der Waals surface area contributed by atoms with Gasteiger partial charge in [-0.1, -0.05) is 18.2 Å². The third-order valence-electron chi connectivity index (χ3n) is 4.69. The molecule has 4 rings (SSSR count). The van der Waals surface area contributed by atoms with Crippen LogP contribution >= 0.6 is 0 Å². The molecule has 1 aromatic heterocycles. The van der Waals surface area contributed by atoms with Gasteiger partial charge in [0.15, 0.2) is 17.3 Å². The molecular weight excluding hydrogens is 336 g/mol. The Morgan fingerprint density at radius 3 is 2.69 bits per heavy atom. The van der Waals surface area contributed by atoms with Gasteiger partial charge in [0, 0.05) is 23.0 Å². The summed E-state index contributed by atoms with van der Waals surface area (Å²) >= 11 is 0. The Labute approximate surface area is 149 Å². The molecule has 1 aliphatic carbocycles. The lowest BCUT2D eigenvalue weighted by atomic mass is 10.1. The summed E-state index contributed by atoms with van der Waals surface area (Å²) < 4.78 is 28.4. The summed E-state index contributed by atoms with van der Waals surface area (Å²) in [5, 5.41) is 7.31. The first-order valence-electron chi connectivity index (χ1n) is 8.48. The number of nitrogens with one attached hydrogen (secondary N) is 1. The number of hydrogen-bond acceptors (Lipinski definition) is 2. The molecule has 0 radical (unpaired) electrons. The van der Waals surface area contributed by atoms with E-state index in [0.29, 0.717) is 11.4 Å². The third kappa shape index (κ3) is 2.77. The van der Waals surface area contributed by atoms with Crippen molar-refractivity contribution in [2.75, 3.05) is 5.32 Å². The molecule has 0 unspecified atom stereocenters. The van der Waals surface area contributed by atoms with Crippen LogP contribution in [0.4, 0.5) is 14.5 Å². The van der Waals surface area contributed by atoms with Crippen LogP contribution in [0.1, 0.15) is 33.7 Å². The zero-order valence-electron chi connectivity index (χ0n) is 14.2. The fourth-order valence-corrected chi connectivity index (χ4v) is 3.34. The Bertz CT molecular complexity index is 1010. The van der Waals surface area contributed by atoms with E-state index in [-0.39, 0.29) is 5.91 Å². The number of anilines is 1. The number of fused-ring (bicyclic) bond motifs is 1. The van der Waals surface area contributed by atoms with Crippen LogP contribution in [0, 0.1) is 18.6 Å². The average molecular weight is 353 g/mol.